The Morgan fingerprint density at radius 3 is 1.37 bits per heavy atom. The van der Waals surface area contributed by atoms with Crippen molar-refractivity contribution in [2.45, 2.75) is 65.5 Å². The minimum atomic E-state index is 0.627. The van der Waals surface area contributed by atoms with Crippen LogP contribution in [0.2, 0.25) is 12.1 Å². The fourth-order valence-corrected chi connectivity index (χ4v) is 6.50. The van der Waals surface area contributed by atoms with Crippen LogP contribution in [0.5, 0.6) is 0 Å². The molecule has 0 heterocycles. The second-order valence-corrected chi connectivity index (χ2v) is 9.99. The van der Waals surface area contributed by atoms with Crippen molar-refractivity contribution in [1.29, 1.82) is 0 Å². The predicted molar refractivity (Wildman–Crippen MR) is 120 cm³/mol. The molecule has 2 radical (unpaired) electrons. The number of benzene rings is 2. The van der Waals surface area contributed by atoms with Gasteiger partial charge in [0.1, 0.15) is 0 Å². The molecule has 27 heavy (non-hydrogen) atoms. The van der Waals surface area contributed by atoms with Gasteiger partial charge < -0.3 is 0 Å². The van der Waals surface area contributed by atoms with Crippen molar-refractivity contribution in [3.63, 3.8) is 0 Å². The summed E-state index contributed by atoms with van der Waals surface area (Å²) in [6, 6.07) is 12.2. The van der Waals surface area contributed by atoms with Crippen LogP contribution < -0.4 is 0 Å². The first-order valence-electron chi connectivity index (χ1n) is 10.1. The number of allylic oxidation sites excluding steroid dienone is 2. The van der Waals surface area contributed by atoms with Crippen molar-refractivity contribution >= 4 is 21.7 Å². The fraction of sp³-hybridized carbons (Fsp3) is 0.385. The first-order valence-corrected chi connectivity index (χ1v) is 11.6. The van der Waals surface area contributed by atoms with Gasteiger partial charge in [0.2, 0.25) is 0 Å². The van der Waals surface area contributed by atoms with Gasteiger partial charge in [0.05, 0.1) is 0 Å². The van der Waals surface area contributed by atoms with Crippen molar-refractivity contribution in [2.75, 3.05) is 0 Å². The molecule has 2 atom stereocenters. The molecule has 4 rings (SSSR count). The molecule has 2 aliphatic carbocycles. The van der Waals surface area contributed by atoms with E-state index in [4.69, 9.17) is 0 Å². The molecule has 0 bridgehead atoms. The van der Waals surface area contributed by atoms with Gasteiger partial charge in [-0.2, -0.15) is 0 Å². The zero-order valence-corrected chi connectivity index (χ0v) is 18.5. The summed E-state index contributed by atoms with van der Waals surface area (Å²) in [7, 11) is 1.00. The summed E-state index contributed by atoms with van der Waals surface area (Å²) in [5, 5.41) is 0. The van der Waals surface area contributed by atoms with Gasteiger partial charge in [0.15, 0.2) is 0 Å². The Bertz CT molecular complexity index is 895. The average molecular weight is 371 g/mol. The van der Waals surface area contributed by atoms with Crippen molar-refractivity contribution < 1.29 is 0 Å². The third-order valence-corrected chi connectivity index (χ3v) is 8.11. The molecule has 2 aromatic rings. The first kappa shape index (κ1) is 18.5. The van der Waals surface area contributed by atoms with E-state index in [-0.39, 0.29) is 0 Å². The van der Waals surface area contributed by atoms with Crippen LogP contribution in [0.15, 0.2) is 35.4 Å². The van der Waals surface area contributed by atoms with Crippen molar-refractivity contribution in [3.8, 4) is 0 Å². The SMILES string of the molecule is CC1=Cc2cc(C)c(C)cc2C1C[Si]CC1C(C)=Cc2cc(C)c(C)cc21. The molecule has 2 unspecified atom stereocenters. The molecule has 0 aliphatic heterocycles. The van der Waals surface area contributed by atoms with E-state index >= 15 is 0 Å². The summed E-state index contributed by atoms with van der Waals surface area (Å²) in [6.45, 7) is 13.6. The highest BCUT2D eigenvalue weighted by Crippen LogP contribution is 2.43. The van der Waals surface area contributed by atoms with E-state index in [9.17, 15) is 0 Å². The maximum Gasteiger partial charge on any atom is 0.0397 e. The Morgan fingerprint density at radius 1 is 0.593 bits per heavy atom. The highest BCUT2D eigenvalue weighted by atomic mass is 28.2. The third kappa shape index (κ3) is 3.27. The Hall–Kier alpha value is -1.86. The van der Waals surface area contributed by atoms with Gasteiger partial charge in [-0.1, -0.05) is 59.7 Å². The standard InChI is InChI=1S/C26H30Si/c1-15-7-21-9-19(5)25(23(21)11-17(15)3)13-27-14-26-20(6)10-22-8-16(2)18(4)12-24(22)26/h7-12,25-26H,13-14H2,1-6H3. The van der Waals surface area contributed by atoms with Crippen LogP contribution in [0.4, 0.5) is 0 Å². The summed E-state index contributed by atoms with van der Waals surface area (Å²) in [4.78, 5) is 0. The molecule has 0 saturated heterocycles. The van der Waals surface area contributed by atoms with Gasteiger partial charge in [-0.05, 0) is 86.1 Å². The zero-order valence-electron chi connectivity index (χ0n) is 17.5. The quantitative estimate of drug-likeness (QED) is 0.501. The molecule has 2 aromatic carbocycles. The molecule has 0 nitrogen and oxygen atoms in total. The Balaban J connectivity index is 1.48. The van der Waals surface area contributed by atoms with Gasteiger partial charge in [-0.25, -0.2) is 0 Å². The molecule has 0 fully saturated rings. The van der Waals surface area contributed by atoms with E-state index in [1.54, 1.807) is 22.3 Å². The number of rotatable bonds is 4. The van der Waals surface area contributed by atoms with Gasteiger partial charge in [0, 0.05) is 21.4 Å². The molecule has 0 saturated carbocycles. The van der Waals surface area contributed by atoms with Crippen LogP contribution in [0.3, 0.4) is 0 Å². The van der Waals surface area contributed by atoms with E-state index < -0.39 is 0 Å². The number of hydrogen-bond donors (Lipinski definition) is 0. The molecular weight excluding hydrogens is 340 g/mol. The topological polar surface area (TPSA) is 0 Å². The Kier molecular flexibility index (Phi) is 4.76. The van der Waals surface area contributed by atoms with Crippen LogP contribution >= 0.6 is 0 Å². The summed E-state index contributed by atoms with van der Waals surface area (Å²) in [5.74, 6) is 1.25. The maximum atomic E-state index is 2.44. The van der Waals surface area contributed by atoms with E-state index in [1.807, 2.05) is 0 Å². The smallest absolute Gasteiger partial charge is 0.0397 e. The van der Waals surface area contributed by atoms with Crippen molar-refractivity contribution in [3.05, 3.63) is 79.9 Å². The van der Waals surface area contributed by atoms with Crippen LogP contribution in [0.25, 0.3) is 12.2 Å². The largest absolute Gasteiger partial charge is 0.0655 e. The lowest BCUT2D eigenvalue weighted by atomic mass is 9.94. The van der Waals surface area contributed by atoms with Crippen LogP contribution in [0, 0.1) is 27.7 Å². The number of hydrogen-bond acceptors (Lipinski definition) is 0. The lowest BCUT2D eigenvalue weighted by Gasteiger charge is -2.19. The molecule has 0 aromatic heterocycles. The summed E-state index contributed by atoms with van der Waals surface area (Å²) in [5.41, 5.74) is 14.8. The van der Waals surface area contributed by atoms with Gasteiger partial charge >= 0.3 is 0 Å². The third-order valence-electron chi connectivity index (χ3n) is 6.71. The molecule has 2 aliphatic rings. The van der Waals surface area contributed by atoms with Gasteiger partial charge in [0.25, 0.3) is 0 Å². The van der Waals surface area contributed by atoms with E-state index in [0.29, 0.717) is 11.8 Å². The Labute approximate surface area is 167 Å². The highest BCUT2D eigenvalue weighted by Gasteiger charge is 2.26. The minimum Gasteiger partial charge on any atom is -0.0655 e. The summed E-state index contributed by atoms with van der Waals surface area (Å²) >= 11 is 0. The molecular formula is C26H30Si. The lowest BCUT2D eigenvalue weighted by Crippen LogP contribution is -2.07. The van der Waals surface area contributed by atoms with E-state index in [2.05, 4.69) is 78.0 Å². The normalized spacial score (nSPS) is 20.4. The highest BCUT2D eigenvalue weighted by molar-refractivity contribution is 6.36. The second-order valence-electron chi connectivity index (χ2n) is 8.67. The van der Waals surface area contributed by atoms with Gasteiger partial charge in [-0.3, -0.25) is 0 Å². The second kappa shape index (κ2) is 6.94. The number of aryl methyl sites for hydroxylation is 4. The monoisotopic (exact) mass is 370 g/mol. The predicted octanol–water partition coefficient (Wildman–Crippen LogP) is 7.16. The van der Waals surface area contributed by atoms with Crippen molar-refractivity contribution in [1.82, 2.24) is 0 Å². The molecule has 0 amide bonds. The average Bonchev–Trinajstić information content (AvgIpc) is 3.06. The van der Waals surface area contributed by atoms with Crippen LogP contribution in [0.1, 0.15) is 70.2 Å². The molecule has 0 N–H and O–H groups in total. The molecule has 138 valence electrons. The summed E-state index contributed by atoms with van der Waals surface area (Å²) < 4.78 is 0. The summed E-state index contributed by atoms with van der Waals surface area (Å²) in [6.07, 6.45) is 4.83. The number of fused-ring (bicyclic) bond motifs is 2. The zero-order chi connectivity index (χ0) is 19.3. The van der Waals surface area contributed by atoms with Crippen molar-refractivity contribution in [2.24, 2.45) is 0 Å². The molecule has 1 heteroatoms. The van der Waals surface area contributed by atoms with E-state index in [0.717, 1.165) is 9.52 Å². The van der Waals surface area contributed by atoms with Crippen LogP contribution in [-0.4, -0.2) is 9.52 Å². The maximum absolute atomic E-state index is 2.44. The van der Waals surface area contributed by atoms with E-state index in [1.165, 1.54) is 45.5 Å². The minimum absolute atomic E-state index is 0.627. The lowest BCUT2D eigenvalue weighted by molar-refractivity contribution is 0.873. The fourth-order valence-electron chi connectivity index (χ4n) is 4.67. The van der Waals surface area contributed by atoms with Crippen LogP contribution in [-0.2, 0) is 0 Å². The first-order chi connectivity index (χ1) is 12.8. The Morgan fingerprint density at radius 2 is 0.963 bits per heavy atom. The molecule has 0 spiro atoms. The van der Waals surface area contributed by atoms with Gasteiger partial charge in [-0.15, -0.1) is 0 Å².